The minimum Gasteiger partial charge on any atom is -0.488 e. The predicted molar refractivity (Wildman–Crippen MR) is 80.5 cm³/mol. The minimum atomic E-state index is -0.535. The van der Waals surface area contributed by atoms with E-state index in [2.05, 4.69) is 20.4 Å². The molecule has 1 aromatic carbocycles. The number of guanidine groups is 1. The second-order valence-corrected chi connectivity index (χ2v) is 5.78. The van der Waals surface area contributed by atoms with Crippen molar-refractivity contribution in [2.45, 2.75) is 32.4 Å². The van der Waals surface area contributed by atoms with E-state index < -0.39 is 6.09 Å². The largest absolute Gasteiger partial charge is 0.488 e. The van der Waals surface area contributed by atoms with Gasteiger partial charge in [0.05, 0.1) is 13.2 Å². The van der Waals surface area contributed by atoms with Crippen molar-refractivity contribution in [2.24, 2.45) is 4.99 Å². The van der Waals surface area contributed by atoms with Gasteiger partial charge in [0.2, 0.25) is 5.96 Å². The number of carbonyl (C=O) groups is 1. The molecule has 0 aliphatic carbocycles. The summed E-state index contributed by atoms with van der Waals surface area (Å²) in [5, 5.41) is 5.56. The zero-order valence-electron chi connectivity index (χ0n) is 12.8. The number of ether oxygens (including phenoxy) is 2. The van der Waals surface area contributed by atoms with Crippen molar-refractivity contribution in [1.82, 2.24) is 10.6 Å². The summed E-state index contributed by atoms with van der Waals surface area (Å²) >= 11 is 0. The summed E-state index contributed by atoms with van der Waals surface area (Å²) in [4.78, 5) is 15.6. The first kappa shape index (κ1) is 15.2. The molecule has 0 fully saturated rings. The molecule has 1 aliphatic rings. The van der Waals surface area contributed by atoms with Gasteiger partial charge in [0.1, 0.15) is 11.4 Å². The highest BCUT2D eigenvalue weighted by atomic mass is 16.5. The first-order chi connectivity index (χ1) is 9.87. The molecule has 2 rings (SSSR count). The van der Waals surface area contributed by atoms with E-state index in [9.17, 15) is 4.79 Å². The third kappa shape index (κ3) is 4.37. The fourth-order valence-electron chi connectivity index (χ4n) is 2.00. The number of hydrogen-bond donors (Lipinski definition) is 2. The van der Waals surface area contributed by atoms with Crippen molar-refractivity contribution < 1.29 is 14.3 Å². The van der Waals surface area contributed by atoms with Gasteiger partial charge in [-0.15, -0.1) is 0 Å². The van der Waals surface area contributed by atoms with E-state index in [0.29, 0.717) is 12.5 Å². The van der Waals surface area contributed by atoms with Gasteiger partial charge in [0.25, 0.3) is 0 Å². The molecule has 0 saturated carbocycles. The van der Waals surface area contributed by atoms with E-state index in [1.807, 2.05) is 45.0 Å². The highest BCUT2D eigenvalue weighted by molar-refractivity contribution is 5.94. The lowest BCUT2D eigenvalue weighted by Gasteiger charge is -2.22. The Balaban J connectivity index is 2.09. The van der Waals surface area contributed by atoms with Gasteiger partial charge in [0, 0.05) is 6.54 Å². The number of hydrogen-bond acceptors (Lipinski definition) is 5. The number of methoxy groups -OCH3 is 1. The lowest BCUT2D eigenvalue weighted by atomic mass is 10.1. The van der Waals surface area contributed by atoms with Crippen molar-refractivity contribution in [1.29, 1.82) is 0 Å². The number of rotatable bonds is 2. The van der Waals surface area contributed by atoms with Gasteiger partial charge < -0.3 is 14.8 Å². The molecule has 1 unspecified atom stereocenters. The van der Waals surface area contributed by atoms with Crippen LogP contribution in [0.4, 0.5) is 4.79 Å². The van der Waals surface area contributed by atoms with Gasteiger partial charge >= 0.3 is 6.09 Å². The standard InChI is InChI=1S/C15H21N3O3/c1-15(2,3)21-11-7-5-6-10(8-11)12-9-16-13(17-12)18-14(19)20-4/h5-8,12H,9H2,1-4H3,(H2,16,17,18,19). The number of carbonyl (C=O) groups excluding carboxylic acids is 1. The van der Waals surface area contributed by atoms with Gasteiger partial charge in [-0.1, -0.05) is 12.1 Å². The zero-order chi connectivity index (χ0) is 15.5. The number of amides is 1. The van der Waals surface area contributed by atoms with E-state index >= 15 is 0 Å². The number of alkyl carbamates (subject to hydrolysis) is 1. The summed E-state index contributed by atoms with van der Waals surface area (Å²) in [6, 6.07) is 7.78. The lowest BCUT2D eigenvalue weighted by molar-refractivity contribution is 0.131. The number of benzene rings is 1. The SMILES string of the molecule is COC(=O)NC1=NC(c2cccc(OC(C)(C)C)c2)CN1. The Bertz CT molecular complexity index is 549. The molecule has 1 amide bonds. The normalized spacial score (nSPS) is 17.7. The van der Waals surface area contributed by atoms with Crippen molar-refractivity contribution in [3.63, 3.8) is 0 Å². The van der Waals surface area contributed by atoms with Gasteiger partial charge in [-0.25, -0.2) is 9.79 Å². The summed E-state index contributed by atoms with van der Waals surface area (Å²) in [5.41, 5.74) is 0.791. The van der Waals surface area contributed by atoms with Crippen LogP contribution in [0.1, 0.15) is 32.4 Å². The molecule has 0 saturated heterocycles. The monoisotopic (exact) mass is 291 g/mol. The summed E-state index contributed by atoms with van der Waals surface area (Å²) < 4.78 is 10.4. The Hall–Kier alpha value is -2.24. The highest BCUT2D eigenvalue weighted by Crippen LogP contribution is 2.25. The maximum absolute atomic E-state index is 11.1. The first-order valence-corrected chi connectivity index (χ1v) is 6.83. The van der Waals surface area contributed by atoms with Crippen molar-refractivity contribution >= 4 is 12.1 Å². The van der Waals surface area contributed by atoms with E-state index in [1.165, 1.54) is 7.11 Å². The third-order valence-corrected chi connectivity index (χ3v) is 2.82. The molecule has 0 radical (unpaired) electrons. The highest BCUT2D eigenvalue weighted by Gasteiger charge is 2.21. The second kappa shape index (κ2) is 6.03. The maximum atomic E-state index is 11.1. The molecule has 0 bridgehead atoms. The molecule has 0 spiro atoms. The van der Waals surface area contributed by atoms with Crippen LogP contribution in [0.5, 0.6) is 5.75 Å². The van der Waals surface area contributed by atoms with E-state index in [0.717, 1.165) is 11.3 Å². The fraction of sp³-hybridized carbons (Fsp3) is 0.467. The van der Waals surface area contributed by atoms with Crippen LogP contribution >= 0.6 is 0 Å². The smallest absolute Gasteiger partial charge is 0.413 e. The van der Waals surface area contributed by atoms with Crippen molar-refractivity contribution in [3.05, 3.63) is 29.8 Å². The van der Waals surface area contributed by atoms with Crippen LogP contribution in [0.25, 0.3) is 0 Å². The van der Waals surface area contributed by atoms with Gasteiger partial charge in [0.15, 0.2) is 0 Å². The topological polar surface area (TPSA) is 72.0 Å². The average molecular weight is 291 g/mol. The summed E-state index contributed by atoms with van der Waals surface area (Å²) in [6.45, 7) is 6.65. The quantitative estimate of drug-likeness (QED) is 0.876. The molecule has 1 heterocycles. The number of aliphatic imine (C=N–C) groups is 1. The molecule has 1 aromatic rings. The van der Waals surface area contributed by atoms with E-state index in [4.69, 9.17) is 4.74 Å². The van der Waals surface area contributed by atoms with Crippen LogP contribution in [0.3, 0.4) is 0 Å². The summed E-state index contributed by atoms with van der Waals surface area (Å²) in [6.07, 6.45) is -0.535. The molecule has 6 heteroatoms. The van der Waals surface area contributed by atoms with E-state index in [1.54, 1.807) is 0 Å². The Labute approximate surface area is 124 Å². The van der Waals surface area contributed by atoms with Gasteiger partial charge in [-0.05, 0) is 38.5 Å². The predicted octanol–water partition coefficient (Wildman–Crippen LogP) is 2.22. The van der Waals surface area contributed by atoms with Crippen LogP contribution in [0, 0.1) is 0 Å². The number of nitrogens with zero attached hydrogens (tertiary/aromatic N) is 1. The van der Waals surface area contributed by atoms with Gasteiger partial charge in [-0.3, -0.25) is 5.32 Å². The van der Waals surface area contributed by atoms with Gasteiger partial charge in [-0.2, -0.15) is 0 Å². The molecular formula is C15H21N3O3. The Morgan fingerprint density at radius 1 is 1.43 bits per heavy atom. The molecule has 2 N–H and O–H groups in total. The van der Waals surface area contributed by atoms with Crippen molar-refractivity contribution in [2.75, 3.05) is 13.7 Å². The molecule has 114 valence electrons. The molecule has 21 heavy (non-hydrogen) atoms. The van der Waals surface area contributed by atoms with Crippen LogP contribution in [-0.2, 0) is 4.74 Å². The molecular weight excluding hydrogens is 270 g/mol. The van der Waals surface area contributed by atoms with Crippen LogP contribution in [-0.4, -0.2) is 31.3 Å². The van der Waals surface area contributed by atoms with Crippen LogP contribution in [0.15, 0.2) is 29.3 Å². The molecule has 6 nitrogen and oxygen atoms in total. The molecule has 0 aromatic heterocycles. The summed E-state index contributed by atoms with van der Waals surface area (Å²) in [5.74, 6) is 1.23. The zero-order valence-corrected chi connectivity index (χ0v) is 12.8. The first-order valence-electron chi connectivity index (χ1n) is 6.83. The lowest BCUT2D eigenvalue weighted by Crippen LogP contribution is -2.37. The maximum Gasteiger partial charge on any atom is 0.413 e. The Morgan fingerprint density at radius 3 is 2.86 bits per heavy atom. The minimum absolute atomic E-state index is 0.0549. The Kier molecular flexibility index (Phi) is 4.35. The molecule has 1 atom stereocenters. The van der Waals surface area contributed by atoms with E-state index in [-0.39, 0.29) is 11.6 Å². The van der Waals surface area contributed by atoms with Crippen molar-refractivity contribution in [3.8, 4) is 5.75 Å². The Morgan fingerprint density at radius 2 is 2.19 bits per heavy atom. The number of nitrogens with one attached hydrogen (secondary N) is 2. The summed E-state index contributed by atoms with van der Waals surface area (Å²) in [7, 11) is 1.32. The van der Waals surface area contributed by atoms with Crippen LogP contribution < -0.4 is 15.4 Å². The molecule has 1 aliphatic heterocycles. The van der Waals surface area contributed by atoms with Crippen LogP contribution in [0.2, 0.25) is 0 Å². The second-order valence-electron chi connectivity index (χ2n) is 5.78. The third-order valence-electron chi connectivity index (χ3n) is 2.82. The average Bonchev–Trinajstić information content (AvgIpc) is 2.85. The fourth-order valence-corrected chi connectivity index (χ4v) is 2.00.